The predicted molar refractivity (Wildman–Crippen MR) is 78.1 cm³/mol. The molecule has 102 valence electrons. The molecule has 0 aliphatic carbocycles. The lowest BCUT2D eigenvalue weighted by molar-refractivity contribution is 0.304. The molecule has 2 rings (SSSR count). The molecule has 0 aliphatic heterocycles. The number of hydrogen-bond donors (Lipinski definition) is 1. The van der Waals surface area contributed by atoms with Gasteiger partial charge in [0.05, 0.1) is 12.1 Å². The van der Waals surface area contributed by atoms with Gasteiger partial charge in [-0.05, 0) is 18.2 Å². The third-order valence-corrected chi connectivity index (χ3v) is 2.99. The number of hydrogen-bond acceptors (Lipinski definition) is 2. The van der Waals surface area contributed by atoms with Crippen LogP contribution < -0.4 is 10.5 Å². The molecule has 0 amide bonds. The summed E-state index contributed by atoms with van der Waals surface area (Å²) >= 11 is 6.02. The standard InChI is InChI=1S/C16H13ClFNO/c17-15-6-2-1-4-13(15)11-20-14-8-7-12(5-3-9-19)16(18)10-14/h1-2,4,6-8,10H,9,11,19H2. The highest BCUT2D eigenvalue weighted by Gasteiger charge is 2.04. The highest BCUT2D eigenvalue weighted by Crippen LogP contribution is 2.20. The number of halogens is 2. The molecule has 0 fully saturated rings. The van der Waals surface area contributed by atoms with Crippen molar-refractivity contribution < 1.29 is 9.13 Å². The molecule has 0 saturated carbocycles. The zero-order chi connectivity index (χ0) is 14.4. The Morgan fingerprint density at radius 1 is 1.20 bits per heavy atom. The van der Waals surface area contributed by atoms with Crippen molar-refractivity contribution in [3.8, 4) is 17.6 Å². The molecule has 0 heterocycles. The maximum atomic E-state index is 13.7. The molecule has 0 saturated heterocycles. The Kier molecular flexibility index (Phi) is 5.00. The van der Waals surface area contributed by atoms with Crippen molar-refractivity contribution in [3.05, 3.63) is 64.4 Å². The van der Waals surface area contributed by atoms with Crippen LogP contribution in [0.25, 0.3) is 0 Å². The first kappa shape index (κ1) is 14.4. The summed E-state index contributed by atoms with van der Waals surface area (Å²) in [5.41, 5.74) is 6.40. The largest absolute Gasteiger partial charge is 0.489 e. The van der Waals surface area contributed by atoms with Gasteiger partial charge in [0.1, 0.15) is 18.2 Å². The summed E-state index contributed by atoms with van der Waals surface area (Å²) in [6, 6.07) is 11.9. The lowest BCUT2D eigenvalue weighted by Gasteiger charge is -2.08. The van der Waals surface area contributed by atoms with E-state index in [2.05, 4.69) is 11.8 Å². The minimum Gasteiger partial charge on any atom is -0.489 e. The minimum atomic E-state index is -0.428. The average molecular weight is 290 g/mol. The Hall–Kier alpha value is -2.02. The third kappa shape index (κ3) is 3.74. The molecular formula is C16H13ClFNO. The van der Waals surface area contributed by atoms with Crippen LogP contribution in [-0.2, 0) is 6.61 Å². The average Bonchev–Trinajstić information content (AvgIpc) is 2.45. The lowest BCUT2D eigenvalue weighted by atomic mass is 10.2. The highest BCUT2D eigenvalue weighted by molar-refractivity contribution is 6.31. The van der Waals surface area contributed by atoms with Gasteiger partial charge in [-0.1, -0.05) is 41.6 Å². The number of ether oxygens (including phenoxy) is 1. The SMILES string of the molecule is NCC#Cc1ccc(OCc2ccccc2Cl)cc1F. The second-order valence-electron chi connectivity index (χ2n) is 4.03. The summed E-state index contributed by atoms with van der Waals surface area (Å²) in [4.78, 5) is 0. The molecule has 0 aliphatic rings. The van der Waals surface area contributed by atoms with E-state index >= 15 is 0 Å². The summed E-state index contributed by atoms with van der Waals surface area (Å²) in [5, 5.41) is 0.624. The van der Waals surface area contributed by atoms with Crippen molar-refractivity contribution in [1.82, 2.24) is 0 Å². The maximum absolute atomic E-state index is 13.7. The van der Waals surface area contributed by atoms with Gasteiger partial charge in [0.2, 0.25) is 0 Å². The van der Waals surface area contributed by atoms with E-state index in [0.717, 1.165) is 5.56 Å². The quantitative estimate of drug-likeness (QED) is 0.879. The monoisotopic (exact) mass is 289 g/mol. The molecule has 0 spiro atoms. The van der Waals surface area contributed by atoms with Crippen molar-refractivity contribution in [2.75, 3.05) is 6.54 Å². The van der Waals surface area contributed by atoms with Crippen molar-refractivity contribution >= 4 is 11.6 Å². The lowest BCUT2D eigenvalue weighted by Crippen LogP contribution is -1.97. The van der Waals surface area contributed by atoms with Crippen LogP contribution in [0, 0.1) is 17.7 Å². The van der Waals surface area contributed by atoms with Gasteiger partial charge >= 0.3 is 0 Å². The minimum absolute atomic E-state index is 0.199. The van der Waals surface area contributed by atoms with Crippen LogP contribution in [-0.4, -0.2) is 6.54 Å². The van der Waals surface area contributed by atoms with Crippen LogP contribution in [0.5, 0.6) is 5.75 Å². The Labute approximate surface area is 122 Å². The van der Waals surface area contributed by atoms with E-state index in [1.54, 1.807) is 18.2 Å². The molecule has 2 nitrogen and oxygen atoms in total. The first-order chi connectivity index (χ1) is 9.70. The smallest absolute Gasteiger partial charge is 0.142 e. The molecule has 2 aromatic carbocycles. The van der Waals surface area contributed by atoms with Gasteiger partial charge in [-0.15, -0.1) is 0 Å². The fraction of sp³-hybridized carbons (Fsp3) is 0.125. The van der Waals surface area contributed by atoms with Crippen LogP contribution in [0.1, 0.15) is 11.1 Å². The van der Waals surface area contributed by atoms with Gasteiger partial charge in [-0.2, -0.15) is 0 Å². The van der Waals surface area contributed by atoms with Crippen molar-refractivity contribution in [2.45, 2.75) is 6.61 Å². The van der Waals surface area contributed by atoms with E-state index in [1.807, 2.05) is 18.2 Å². The van der Waals surface area contributed by atoms with Gasteiger partial charge in [-0.3, -0.25) is 0 Å². The number of benzene rings is 2. The van der Waals surface area contributed by atoms with Crippen LogP contribution in [0.4, 0.5) is 4.39 Å². The molecule has 2 aromatic rings. The molecule has 2 N–H and O–H groups in total. The first-order valence-electron chi connectivity index (χ1n) is 6.05. The Morgan fingerprint density at radius 2 is 2.00 bits per heavy atom. The van der Waals surface area contributed by atoms with E-state index < -0.39 is 5.82 Å². The molecule has 0 radical (unpaired) electrons. The zero-order valence-electron chi connectivity index (χ0n) is 10.7. The first-order valence-corrected chi connectivity index (χ1v) is 6.43. The second-order valence-corrected chi connectivity index (χ2v) is 4.43. The van der Waals surface area contributed by atoms with Crippen molar-refractivity contribution in [2.24, 2.45) is 5.73 Å². The fourth-order valence-electron chi connectivity index (χ4n) is 1.61. The predicted octanol–water partition coefficient (Wildman–Crippen LogP) is 3.37. The summed E-state index contributed by atoms with van der Waals surface area (Å²) in [7, 11) is 0. The number of nitrogens with two attached hydrogens (primary N) is 1. The summed E-state index contributed by atoms with van der Waals surface area (Å²) in [5.74, 6) is 5.27. The Bertz CT molecular complexity index is 661. The van der Waals surface area contributed by atoms with Crippen molar-refractivity contribution in [1.29, 1.82) is 0 Å². The summed E-state index contributed by atoms with van der Waals surface area (Å²) < 4.78 is 19.2. The van der Waals surface area contributed by atoms with E-state index in [1.165, 1.54) is 6.07 Å². The second kappa shape index (κ2) is 6.95. The molecule has 20 heavy (non-hydrogen) atoms. The van der Waals surface area contributed by atoms with Crippen LogP contribution >= 0.6 is 11.6 Å². The maximum Gasteiger partial charge on any atom is 0.142 e. The molecular weight excluding hydrogens is 277 g/mol. The normalized spacial score (nSPS) is 9.75. The van der Waals surface area contributed by atoms with Gasteiger partial charge in [0, 0.05) is 16.7 Å². The fourth-order valence-corrected chi connectivity index (χ4v) is 1.80. The van der Waals surface area contributed by atoms with Gasteiger partial charge in [-0.25, -0.2) is 4.39 Å². The molecule has 4 heteroatoms. The van der Waals surface area contributed by atoms with E-state index in [-0.39, 0.29) is 13.2 Å². The van der Waals surface area contributed by atoms with Crippen LogP contribution in [0.15, 0.2) is 42.5 Å². The molecule has 0 bridgehead atoms. The van der Waals surface area contributed by atoms with Gasteiger partial charge in [0.25, 0.3) is 0 Å². The van der Waals surface area contributed by atoms with E-state index in [0.29, 0.717) is 16.3 Å². The summed E-state index contributed by atoms with van der Waals surface area (Å²) in [6.45, 7) is 0.483. The Balaban J connectivity index is 2.08. The van der Waals surface area contributed by atoms with Crippen LogP contribution in [0.2, 0.25) is 5.02 Å². The third-order valence-electron chi connectivity index (χ3n) is 2.62. The van der Waals surface area contributed by atoms with Crippen LogP contribution in [0.3, 0.4) is 0 Å². The topological polar surface area (TPSA) is 35.2 Å². The van der Waals surface area contributed by atoms with E-state index in [4.69, 9.17) is 22.1 Å². The Morgan fingerprint density at radius 3 is 2.70 bits per heavy atom. The number of rotatable bonds is 3. The molecule has 0 atom stereocenters. The van der Waals surface area contributed by atoms with Gasteiger partial charge < -0.3 is 10.5 Å². The molecule has 0 unspecified atom stereocenters. The zero-order valence-corrected chi connectivity index (χ0v) is 11.5. The van der Waals surface area contributed by atoms with E-state index in [9.17, 15) is 4.39 Å². The van der Waals surface area contributed by atoms with Gasteiger partial charge in [0.15, 0.2) is 0 Å². The molecule has 0 aromatic heterocycles. The van der Waals surface area contributed by atoms with Crippen molar-refractivity contribution in [3.63, 3.8) is 0 Å². The highest BCUT2D eigenvalue weighted by atomic mass is 35.5. The summed E-state index contributed by atoms with van der Waals surface area (Å²) in [6.07, 6.45) is 0.